The summed E-state index contributed by atoms with van der Waals surface area (Å²) >= 11 is 0. The van der Waals surface area contributed by atoms with Gasteiger partial charge in [0.25, 0.3) is 0 Å². The normalized spacial score (nSPS) is 10.7. The van der Waals surface area contributed by atoms with Crippen molar-refractivity contribution in [2.24, 2.45) is 0 Å². The van der Waals surface area contributed by atoms with E-state index in [2.05, 4.69) is 15.1 Å². The molecule has 7 heteroatoms. The molecule has 7 nitrogen and oxygen atoms in total. The molecular formula is C18H20N4O3. The smallest absolute Gasteiger partial charge is 0.221 e. The van der Waals surface area contributed by atoms with E-state index in [1.165, 1.54) is 0 Å². The van der Waals surface area contributed by atoms with Crippen LogP contribution in [0.3, 0.4) is 0 Å². The van der Waals surface area contributed by atoms with Crippen LogP contribution >= 0.6 is 0 Å². The molecular weight excluding hydrogens is 320 g/mol. The minimum Gasteiger partial charge on any atom is -0.497 e. The Labute approximate surface area is 145 Å². The molecule has 0 unspecified atom stereocenters. The third kappa shape index (κ3) is 3.95. The Balaban J connectivity index is 1.96. The largest absolute Gasteiger partial charge is 0.497 e. The van der Waals surface area contributed by atoms with Gasteiger partial charge in [-0.05, 0) is 36.2 Å². The number of methoxy groups -OCH3 is 1. The lowest BCUT2D eigenvalue weighted by Gasteiger charge is -2.12. The van der Waals surface area contributed by atoms with Gasteiger partial charge in [-0.2, -0.15) is 5.10 Å². The number of aliphatic hydroxyl groups excluding tert-OH is 1. The maximum absolute atomic E-state index is 9.08. The molecule has 0 aliphatic heterocycles. The van der Waals surface area contributed by atoms with Crippen molar-refractivity contribution in [3.8, 4) is 22.8 Å². The Morgan fingerprint density at radius 1 is 1.20 bits per heavy atom. The molecule has 0 aliphatic carbocycles. The maximum atomic E-state index is 9.08. The second-order valence-corrected chi connectivity index (χ2v) is 5.38. The number of pyridine rings is 1. The van der Waals surface area contributed by atoms with E-state index < -0.39 is 0 Å². The quantitative estimate of drug-likeness (QED) is 0.710. The fourth-order valence-electron chi connectivity index (χ4n) is 2.50. The molecule has 0 aliphatic rings. The van der Waals surface area contributed by atoms with Crippen molar-refractivity contribution in [1.82, 2.24) is 19.7 Å². The van der Waals surface area contributed by atoms with Gasteiger partial charge in [-0.25, -0.2) is 14.6 Å². The van der Waals surface area contributed by atoms with Crippen molar-refractivity contribution in [3.63, 3.8) is 0 Å². The van der Waals surface area contributed by atoms with Crippen LogP contribution in [0.2, 0.25) is 0 Å². The molecule has 0 atom stereocenters. The fourth-order valence-corrected chi connectivity index (χ4v) is 2.50. The summed E-state index contributed by atoms with van der Waals surface area (Å²) in [4.78, 5) is 8.47. The first-order valence-corrected chi connectivity index (χ1v) is 7.98. The van der Waals surface area contributed by atoms with E-state index in [1.54, 1.807) is 24.3 Å². The van der Waals surface area contributed by atoms with Crippen molar-refractivity contribution in [1.29, 1.82) is 0 Å². The summed E-state index contributed by atoms with van der Waals surface area (Å²) in [5, 5.41) is 13.3. The van der Waals surface area contributed by atoms with E-state index in [1.807, 2.05) is 37.3 Å². The summed E-state index contributed by atoms with van der Waals surface area (Å²) in [6, 6.07) is 9.79. The van der Waals surface area contributed by atoms with Crippen molar-refractivity contribution in [3.05, 3.63) is 54.2 Å². The number of aliphatic hydroxyl groups is 1. The van der Waals surface area contributed by atoms with Crippen LogP contribution in [0.4, 0.5) is 0 Å². The first kappa shape index (κ1) is 16.9. The highest BCUT2D eigenvalue weighted by Crippen LogP contribution is 2.31. The molecule has 1 aromatic carbocycles. The van der Waals surface area contributed by atoms with Crippen molar-refractivity contribution >= 4 is 0 Å². The number of benzene rings is 1. The van der Waals surface area contributed by atoms with Gasteiger partial charge in [-0.15, -0.1) is 0 Å². The zero-order chi connectivity index (χ0) is 17.6. The van der Waals surface area contributed by atoms with Crippen LogP contribution < -0.4 is 9.47 Å². The minimum absolute atomic E-state index is 0.177. The highest BCUT2D eigenvalue weighted by atomic mass is 16.5. The van der Waals surface area contributed by atoms with Gasteiger partial charge in [-0.1, -0.05) is 12.1 Å². The molecule has 3 aromatic rings. The van der Waals surface area contributed by atoms with Crippen LogP contribution in [0.5, 0.6) is 11.6 Å². The lowest BCUT2D eigenvalue weighted by Crippen LogP contribution is -2.04. The Morgan fingerprint density at radius 3 is 2.80 bits per heavy atom. The van der Waals surface area contributed by atoms with Gasteiger partial charge in [0.05, 0.1) is 20.3 Å². The van der Waals surface area contributed by atoms with Crippen LogP contribution in [0.25, 0.3) is 11.1 Å². The highest BCUT2D eigenvalue weighted by Gasteiger charge is 2.11. The Morgan fingerprint density at radius 2 is 2.08 bits per heavy atom. The summed E-state index contributed by atoms with van der Waals surface area (Å²) in [6.45, 7) is 2.79. The average Bonchev–Trinajstić information content (AvgIpc) is 3.11. The lowest BCUT2D eigenvalue weighted by molar-refractivity contribution is 0.271. The zero-order valence-corrected chi connectivity index (χ0v) is 14.2. The van der Waals surface area contributed by atoms with Crippen LogP contribution in [0.15, 0.2) is 42.9 Å². The van der Waals surface area contributed by atoms with Crippen LogP contribution in [-0.2, 0) is 13.2 Å². The van der Waals surface area contributed by atoms with Crippen molar-refractivity contribution in [2.45, 2.75) is 20.1 Å². The van der Waals surface area contributed by atoms with Gasteiger partial charge in [-0.3, -0.25) is 0 Å². The van der Waals surface area contributed by atoms with Gasteiger partial charge in [0.1, 0.15) is 18.7 Å². The van der Waals surface area contributed by atoms with E-state index in [9.17, 15) is 0 Å². The fraction of sp³-hybridized carbons (Fsp3) is 0.278. The molecule has 0 saturated heterocycles. The second-order valence-electron chi connectivity index (χ2n) is 5.38. The predicted octanol–water partition coefficient (Wildman–Crippen LogP) is 2.29. The van der Waals surface area contributed by atoms with Gasteiger partial charge in [0.2, 0.25) is 5.88 Å². The van der Waals surface area contributed by atoms with E-state index in [0.29, 0.717) is 24.9 Å². The molecule has 25 heavy (non-hydrogen) atoms. The topological polar surface area (TPSA) is 82.3 Å². The number of rotatable bonds is 7. The third-order valence-electron chi connectivity index (χ3n) is 3.64. The van der Waals surface area contributed by atoms with Crippen LogP contribution in [0, 0.1) is 0 Å². The second kappa shape index (κ2) is 7.76. The van der Waals surface area contributed by atoms with Crippen molar-refractivity contribution in [2.75, 3.05) is 13.7 Å². The van der Waals surface area contributed by atoms with E-state index in [-0.39, 0.29) is 6.61 Å². The van der Waals surface area contributed by atoms with Crippen LogP contribution in [0.1, 0.15) is 18.3 Å². The van der Waals surface area contributed by atoms with Crippen molar-refractivity contribution < 1.29 is 14.6 Å². The Bertz CT molecular complexity index is 848. The summed E-state index contributed by atoms with van der Waals surface area (Å²) in [5.41, 5.74) is 2.81. The summed E-state index contributed by atoms with van der Waals surface area (Å²) in [7, 11) is 1.64. The molecule has 0 saturated carbocycles. The molecule has 0 spiro atoms. The zero-order valence-electron chi connectivity index (χ0n) is 14.2. The average molecular weight is 340 g/mol. The third-order valence-corrected chi connectivity index (χ3v) is 3.64. The Hall–Kier alpha value is -2.93. The van der Waals surface area contributed by atoms with E-state index in [0.717, 1.165) is 22.4 Å². The number of hydrogen-bond donors (Lipinski definition) is 1. The number of nitrogens with zero attached hydrogens (tertiary/aromatic N) is 4. The van der Waals surface area contributed by atoms with E-state index in [4.69, 9.17) is 14.6 Å². The van der Waals surface area contributed by atoms with Crippen LogP contribution in [-0.4, -0.2) is 38.6 Å². The predicted molar refractivity (Wildman–Crippen MR) is 92.4 cm³/mol. The van der Waals surface area contributed by atoms with Gasteiger partial charge in [0, 0.05) is 11.8 Å². The first-order valence-electron chi connectivity index (χ1n) is 7.98. The van der Waals surface area contributed by atoms with Gasteiger partial charge < -0.3 is 14.6 Å². The molecule has 130 valence electrons. The summed E-state index contributed by atoms with van der Waals surface area (Å²) < 4.78 is 12.6. The first-order chi connectivity index (χ1) is 12.2. The summed E-state index contributed by atoms with van der Waals surface area (Å²) in [5.74, 6) is 1.75. The number of ether oxygens (including phenoxy) is 2. The minimum atomic E-state index is -0.177. The SMILES string of the molecule is CCOc1ncc(Cn2cnc(CO)n2)cc1-c1cccc(OC)c1. The molecule has 0 bridgehead atoms. The molecule has 0 fully saturated rings. The standard InChI is InChI=1S/C18H20N4O3/c1-3-25-18-16(14-5-4-6-15(8-14)24-2)7-13(9-19-18)10-22-12-20-17(11-23)21-22/h4-9,12,23H,3,10-11H2,1-2H3. The number of aromatic nitrogens is 4. The Kier molecular flexibility index (Phi) is 5.25. The van der Waals surface area contributed by atoms with Gasteiger partial charge >= 0.3 is 0 Å². The number of hydrogen-bond acceptors (Lipinski definition) is 6. The molecule has 0 radical (unpaired) electrons. The summed E-state index contributed by atoms with van der Waals surface area (Å²) in [6.07, 6.45) is 3.35. The molecule has 0 amide bonds. The monoisotopic (exact) mass is 340 g/mol. The molecule has 2 heterocycles. The van der Waals surface area contributed by atoms with Gasteiger partial charge in [0.15, 0.2) is 5.82 Å². The highest BCUT2D eigenvalue weighted by molar-refractivity contribution is 5.70. The molecule has 3 rings (SSSR count). The molecule has 1 N–H and O–H groups in total. The lowest BCUT2D eigenvalue weighted by atomic mass is 10.0. The van der Waals surface area contributed by atoms with E-state index >= 15 is 0 Å². The molecule has 2 aromatic heterocycles. The maximum Gasteiger partial charge on any atom is 0.221 e.